The van der Waals surface area contributed by atoms with Gasteiger partial charge in [0.1, 0.15) is 5.75 Å². The van der Waals surface area contributed by atoms with E-state index in [1.165, 1.54) is 0 Å². The van der Waals surface area contributed by atoms with E-state index in [0.29, 0.717) is 12.6 Å². The summed E-state index contributed by atoms with van der Waals surface area (Å²) in [5.41, 5.74) is 0.978. The molecule has 0 aromatic heterocycles. The number of nitrogens with one attached hydrogen (secondary N) is 1. The predicted octanol–water partition coefficient (Wildman–Crippen LogP) is 3.33. The van der Waals surface area contributed by atoms with E-state index in [9.17, 15) is 0 Å². The molecule has 1 aromatic rings. The van der Waals surface area contributed by atoms with Gasteiger partial charge in [0.2, 0.25) is 0 Å². The van der Waals surface area contributed by atoms with Crippen molar-refractivity contribution in [3.63, 3.8) is 0 Å². The topological polar surface area (TPSA) is 30.5 Å². The summed E-state index contributed by atoms with van der Waals surface area (Å²) in [5.74, 6) is 0.864. The first-order chi connectivity index (χ1) is 8.29. The lowest BCUT2D eigenvalue weighted by atomic mass is 10.1. The van der Waals surface area contributed by atoms with Crippen LogP contribution in [0.15, 0.2) is 18.2 Å². The minimum Gasteiger partial charge on any atom is -0.492 e. The molecule has 2 rings (SSSR count). The second-order valence-corrected chi connectivity index (χ2v) is 4.54. The van der Waals surface area contributed by atoms with E-state index in [2.05, 4.69) is 5.32 Å². The Morgan fingerprint density at radius 2 is 2.18 bits per heavy atom. The molecule has 1 aliphatic rings. The molecule has 0 bridgehead atoms. The smallest absolute Gasteiger partial charge is 0.142 e. The van der Waals surface area contributed by atoms with E-state index in [1.807, 2.05) is 25.1 Å². The average Bonchev–Trinajstić information content (AvgIpc) is 2.34. The monoisotopic (exact) mass is 255 g/mol. The molecule has 0 amide bonds. The SMILES string of the molecule is CCOc1ccc(Cl)cc1NC1CCOCC1. The minimum absolute atomic E-state index is 0.446. The van der Waals surface area contributed by atoms with Gasteiger partial charge in [-0.25, -0.2) is 0 Å². The maximum atomic E-state index is 6.01. The molecule has 0 spiro atoms. The number of hydrogen-bond donors (Lipinski definition) is 1. The molecule has 1 fully saturated rings. The van der Waals surface area contributed by atoms with E-state index < -0.39 is 0 Å². The molecule has 4 heteroatoms. The molecule has 1 N–H and O–H groups in total. The zero-order valence-electron chi connectivity index (χ0n) is 10.0. The first-order valence-electron chi connectivity index (χ1n) is 6.06. The molecule has 1 aromatic carbocycles. The second kappa shape index (κ2) is 6.12. The van der Waals surface area contributed by atoms with Crippen LogP contribution in [0, 0.1) is 0 Å². The molecule has 1 saturated heterocycles. The highest BCUT2D eigenvalue weighted by molar-refractivity contribution is 6.30. The number of ether oxygens (including phenoxy) is 2. The van der Waals surface area contributed by atoms with Crippen molar-refractivity contribution in [2.75, 3.05) is 25.1 Å². The number of anilines is 1. The van der Waals surface area contributed by atoms with Gasteiger partial charge < -0.3 is 14.8 Å². The van der Waals surface area contributed by atoms with Gasteiger partial charge in [-0.05, 0) is 38.0 Å². The summed E-state index contributed by atoms with van der Waals surface area (Å²) in [7, 11) is 0. The minimum atomic E-state index is 0.446. The van der Waals surface area contributed by atoms with Crippen molar-refractivity contribution in [2.24, 2.45) is 0 Å². The Bertz CT molecular complexity index is 364. The Kier molecular flexibility index (Phi) is 4.51. The van der Waals surface area contributed by atoms with Crippen LogP contribution in [-0.4, -0.2) is 25.9 Å². The fraction of sp³-hybridized carbons (Fsp3) is 0.538. The third kappa shape index (κ3) is 3.51. The summed E-state index contributed by atoms with van der Waals surface area (Å²) in [6, 6.07) is 6.12. The van der Waals surface area contributed by atoms with Crippen molar-refractivity contribution in [3.8, 4) is 5.75 Å². The van der Waals surface area contributed by atoms with Crippen molar-refractivity contribution >= 4 is 17.3 Å². The molecule has 1 heterocycles. The Labute approximate surface area is 107 Å². The van der Waals surface area contributed by atoms with Crippen molar-refractivity contribution in [1.82, 2.24) is 0 Å². The molecule has 1 aliphatic heterocycles. The summed E-state index contributed by atoms with van der Waals surface area (Å²) in [6.07, 6.45) is 2.05. The predicted molar refractivity (Wildman–Crippen MR) is 70.1 cm³/mol. The first kappa shape index (κ1) is 12.5. The molecule has 0 atom stereocenters. The van der Waals surface area contributed by atoms with Crippen LogP contribution in [0.1, 0.15) is 19.8 Å². The van der Waals surface area contributed by atoms with Crippen LogP contribution in [-0.2, 0) is 4.74 Å². The van der Waals surface area contributed by atoms with Crippen LogP contribution < -0.4 is 10.1 Å². The summed E-state index contributed by atoms with van der Waals surface area (Å²) in [6.45, 7) is 4.28. The van der Waals surface area contributed by atoms with Gasteiger partial charge in [0.15, 0.2) is 0 Å². The summed E-state index contributed by atoms with van der Waals surface area (Å²) in [4.78, 5) is 0. The van der Waals surface area contributed by atoms with Crippen molar-refractivity contribution in [2.45, 2.75) is 25.8 Å². The van der Waals surface area contributed by atoms with Crippen LogP contribution >= 0.6 is 11.6 Å². The maximum Gasteiger partial charge on any atom is 0.142 e. The van der Waals surface area contributed by atoms with Crippen molar-refractivity contribution < 1.29 is 9.47 Å². The number of rotatable bonds is 4. The van der Waals surface area contributed by atoms with Gasteiger partial charge in [0, 0.05) is 24.3 Å². The second-order valence-electron chi connectivity index (χ2n) is 4.10. The molecule has 3 nitrogen and oxygen atoms in total. The molecule has 0 aliphatic carbocycles. The highest BCUT2D eigenvalue weighted by Crippen LogP contribution is 2.29. The summed E-state index contributed by atoms with van der Waals surface area (Å²) in [5, 5.41) is 4.21. The molecule has 0 saturated carbocycles. The lowest BCUT2D eigenvalue weighted by Gasteiger charge is -2.25. The van der Waals surface area contributed by atoms with Crippen LogP contribution in [0.3, 0.4) is 0 Å². The van der Waals surface area contributed by atoms with Gasteiger partial charge >= 0.3 is 0 Å². The van der Waals surface area contributed by atoms with E-state index in [0.717, 1.165) is 42.5 Å². The van der Waals surface area contributed by atoms with Gasteiger partial charge in [0.25, 0.3) is 0 Å². The van der Waals surface area contributed by atoms with Crippen LogP contribution in [0.5, 0.6) is 5.75 Å². The highest BCUT2D eigenvalue weighted by Gasteiger charge is 2.15. The highest BCUT2D eigenvalue weighted by atomic mass is 35.5. The molecule has 94 valence electrons. The quantitative estimate of drug-likeness (QED) is 0.895. The Balaban J connectivity index is 2.08. The first-order valence-corrected chi connectivity index (χ1v) is 6.44. The van der Waals surface area contributed by atoms with Gasteiger partial charge in [0.05, 0.1) is 12.3 Å². The molecule has 17 heavy (non-hydrogen) atoms. The number of hydrogen-bond acceptors (Lipinski definition) is 3. The molecule has 0 unspecified atom stereocenters. The van der Waals surface area contributed by atoms with E-state index in [1.54, 1.807) is 0 Å². The normalized spacial score (nSPS) is 16.8. The largest absolute Gasteiger partial charge is 0.492 e. The third-order valence-electron chi connectivity index (χ3n) is 2.82. The summed E-state index contributed by atoms with van der Waals surface area (Å²) < 4.78 is 10.9. The Hall–Kier alpha value is -0.930. The third-order valence-corrected chi connectivity index (χ3v) is 3.06. The number of halogens is 1. The van der Waals surface area contributed by atoms with Crippen molar-refractivity contribution in [1.29, 1.82) is 0 Å². The van der Waals surface area contributed by atoms with Gasteiger partial charge in [-0.2, -0.15) is 0 Å². The van der Waals surface area contributed by atoms with E-state index in [4.69, 9.17) is 21.1 Å². The zero-order chi connectivity index (χ0) is 12.1. The van der Waals surface area contributed by atoms with Gasteiger partial charge in [-0.1, -0.05) is 11.6 Å². The van der Waals surface area contributed by atoms with Gasteiger partial charge in [-0.15, -0.1) is 0 Å². The van der Waals surface area contributed by atoms with Crippen molar-refractivity contribution in [3.05, 3.63) is 23.2 Å². The summed E-state index contributed by atoms with van der Waals surface area (Å²) >= 11 is 6.01. The molecule has 0 radical (unpaired) electrons. The Morgan fingerprint density at radius 1 is 1.41 bits per heavy atom. The average molecular weight is 256 g/mol. The van der Waals surface area contributed by atoms with E-state index in [-0.39, 0.29) is 0 Å². The zero-order valence-corrected chi connectivity index (χ0v) is 10.8. The fourth-order valence-corrected chi connectivity index (χ4v) is 2.13. The molecular formula is C13H18ClNO2. The van der Waals surface area contributed by atoms with Gasteiger partial charge in [-0.3, -0.25) is 0 Å². The maximum absolute atomic E-state index is 6.01. The van der Waals surface area contributed by atoms with Crippen LogP contribution in [0.25, 0.3) is 0 Å². The van der Waals surface area contributed by atoms with Crippen LogP contribution in [0.2, 0.25) is 5.02 Å². The number of benzene rings is 1. The molecular weight excluding hydrogens is 238 g/mol. The standard InChI is InChI=1S/C13H18ClNO2/c1-2-17-13-4-3-10(14)9-12(13)15-11-5-7-16-8-6-11/h3-4,9,11,15H,2,5-8H2,1H3. The lowest BCUT2D eigenvalue weighted by Crippen LogP contribution is -2.28. The fourth-order valence-electron chi connectivity index (χ4n) is 1.96. The van der Waals surface area contributed by atoms with E-state index >= 15 is 0 Å². The lowest BCUT2D eigenvalue weighted by molar-refractivity contribution is 0.0904. The van der Waals surface area contributed by atoms with Crippen LogP contribution in [0.4, 0.5) is 5.69 Å². The Morgan fingerprint density at radius 3 is 2.88 bits per heavy atom.